The fraction of sp³-hybridized carbons (Fsp3) is 0.767. The molecule has 39 heavy (non-hydrogen) atoms. The predicted molar refractivity (Wildman–Crippen MR) is 145 cm³/mol. The van der Waals surface area contributed by atoms with Gasteiger partial charge in [-0.05, 0) is 106 Å². The van der Waals surface area contributed by atoms with E-state index < -0.39 is 11.2 Å². The van der Waals surface area contributed by atoms with Gasteiger partial charge < -0.3 is 31.5 Å². The summed E-state index contributed by atoms with van der Waals surface area (Å²) in [5.74, 6) is 3.11. The van der Waals surface area contributed by atoms with E-state index >= 15 is 0 Å². The van der Waals surface area contributed by atoms with E-state index in [1.807, 2.05) is 0 Å². The fourth-order valence-corrected chi connectivity index (χ4v) is 10.7. The zero-order valence-electron chi connectivity index (χ0n) is 22.5. The molecule has 4 atom stereocenters. The van der Waals surface area contributed by atoms with Crippen molar-refractivity contribution in [1.29, 1.82) is 0 Å². The molecule has 8 fully saturated rings. The summed E-state index contributed by atoms with van der Waals surface area (Å²) >= 11 is 0. The van der Waals surface area contributed by atoms with Crippen LogP contribution in [0.15, 0.2) is 6.20 Å². The highest BCUT2D eigenvalue weighted by atomic mass is 16.3. The Bertz CT molecular complexity index is 1190. The van der Waals surface area contributed by atoms with Crippen molar-refractivity contribution in [2.24, 2.45) is 35.5 Å². The molecule has 1 aliphatic heterocycles. The minimum absolute atomic E-state index is 0.0688. The zero-order chi connectivity index (χ0) is 26.5. The van der Waals surface area contributed by atoms with E-state index in [9.17, 15) is 19.8 Å². The molecular weight excluding hydrogens is 494 g/mol. The van der Waals surface area contributed by atoms with E-state index in [0.29, 0.717) is 41.1 Å². The van der Waals surface area contributed by atoms with Crippen LogP contribution in [-0.4, -0.2) is 63.4 Å². The fourth-order valence-electron chi connectivity index (χ4n) is 10.7. The van der Waals surface area contributed by atoms with Crippen LogP contribution in [0.3, 0.4) is 0 Å². The van der Waals surface area contributed by atoms with Gasteiger partial charge >= 0.3 is 0 Å². The van der Waals surface area contributed by atoms with Crippen molar-refractivity contribution in [3.05, 3.63) is 17.3 Å². The number of fused-ring (bicyclic) bond motifs is 1. The second kappa shape index (κ2) is 8.56. The van der Waals surface area contributed by atoms with E-state index in [1.165, 1.54) is 0 Å². The van der Waals surface area contributed by atoms with E-state index in [-0.39, 0.29) is 30.4 Å². The van der Waals surface area contributed by atoms with Crippen LogP contribution in [-0.2, 0) is 11.2 Å². The molecule has 2 heterocycles. The maximum atomic E-state index is 13.5. The lowest BCUT2D eigenvalue weighted by Gasteiger charge is -2.58. The van der Waals surface area contributed by atoms with Gasteiger partial charge in [0.1, 0.15) is 5.82 Å². The molecule has 0 spiro atoms. The Morgan fingerprint density at radius 1 is 0.897 bits per heavy atom. The molecule has 0 saturated heterocycles. The average Bonchev–Trinajstić information content (AvgIpc) is 3.34. The van der Waals surface area contributed by atoms with Gasteiger partial charge in [0, 0.05) is 30.4 Å². The molecule has 1 aromatic heterocycles. The summed E-state index contributed by atoms with van der Waals surface area (Å²) in [5, 5.41) is 35.1. The van der Waals surface area contributed by atoms with E-state index in [4.69, 9.17) is 0 Å². The number of aliphatic hydroxyl groups is 2. The number of carbonyl (C=O) groups is 2. The number of hydrogen-bond acceptors (Lipinski definition) is 7. The third-order valence-corrected chi connectivity index (χ3v) is 11.6. The number of nitrogens with zero attached hydrogens (tertiary/aromatic N) is 1. The first kappa shape index (κ1) is 24.4. The van der Waals surface area contributed by atoms with Gasteiger partial charge in [-0.15, -0.1) is 0 Å². The molecule has 9 nitrogen and oxygen atoms in total. The number of rotatable bonds is 6. The van der Waals surface area contributed by atoms with Crippen LogP contribution in [0.1, 0.15) is 80.1 Å². The molecule has 4 unspecified atom stereocenters. The Labute approximate surface area is 229 Å². The van der Waals surface area contributed by atoms with Gasteiger partial charge in [0.15, 0.2) is 0 Å². The Kier molecular flexibility index (Phi) is 5.35. The minimum atomic E-state index is -0.528. The number of amides is 2. The van der Waals surface area contributed by atoms with E-state index in [1.54, 1.807) is 6.20 Å². The monoisotopic (exact) mass is 535 g/mol. The topological polar surface area (TPSA) is 136 Å². The Morgan fingerprint density at radius 3 is 2.08 bits per heavy atom. The SMILES string of the molecule is O=C(CNC(=O)c1cnc2c(c1NC1C3CC4CC1CC(O)(C4)C3)CCN2)NC1C2CC3CC1CC(O)(C3)C2. The normalized spacial score (nSPS) is 44.2. The molecule has 8 bridgehead atoms. The smallest absolute Gasteiger partial charge is 0.255 e. The average molecular weight is 536 g/mol. The summed E-state index contributed by atoms with van der Waals surface area (Å²) in [4.78, 5) is 31.0. The molecule has 210 valence electrons. The zero-order valence-corrected chi connectivity index (χ0v) is 22.5. The number of carbonyl (C=O) groups excluding carboxylic acids is 2. The standard InChI is InChI=1S/C30H41N5O4/c36-23(34-24-17-3-15-4-18(24)10-29(38,7-15)9-17)14-33-28(37)22-13-32-27-21(1-2-31-27)26(22)35-25-19-5-16-6-20(25)12-30(39,8-16)11-19/h13,15-20,24-25,38-39H,1-12,14H2,(H,33,37)(H,34,36)(H2,31,32,35). The molecule has 2 amide bonds. The van der Waals surface area contributed by atoms with Crippen LogP contribution in [0.25, 0.3) is 0 Å². The van der Waals surface area contributed by atoms with Crippen LogP contribution >= 0.6 is 0 Å². The predicted octanol–water partition coefficient (Wildman–Crippen LogP) is 2.19. The number of hydrogen-bond donors (Lipinski definition) is 6. The number of pyridine rings is 1. The Morgan fingerprint density at radius 2 is 1.49 bits per heavy atom. The molecule has 1 aromatic rings. The molecule has 9 aliphatic rings. The second-order valence-electron chi connectivity index (χ2n) is 14.4. The third kappa shape index (κ3) is 4.05. The Balaban J connectivity index is 0.963. The third-order valence-electron chi connectivity index (χ3n) is 11.6. The quantitative estimate of drug-likeness (QED) is 0.329. The second-order valence-corrected chi connectivity index (χ2v) is 14.4. The highest BCUT2D eigenvalue weighted by Crippen LogP contribution is 2.57. The highest BCUT2D eigenvalue weighted by Gasteiger charge is 2.56. The first-order chi connectivity index (χ1) is 18.7. The molecule has 8 saturated carbocycles. The van der Waals surface area contributed by atoms with E-state index in [2.05, 4.69) is 26.3 Å². The minimum Gasteiger partial charge on any atom is -0.390 e. The van der Waals surface area contributed by atoms with Gasteiger partial charge in [-0.1, -0.05) is 0 Å². The highest BCUT2D eigenvalue weighted by molar-refractivity contribution is 6.02. The summed E-state index contributed by atoms with van der Waals surface area (Å²) in [5.41, 5.74) is 1.36. The maximum Gasteiger partial charge on any atom is 0.255 e. The van der Waals surface area contributed by atoms with Crippen LogP contribution in [0, 0.1) is 35.5 Å². The van der Waals surface area contributed by atoms with Gasteiger partial charge in [0.2, 0.25) is 5.91 Å². The van der Waals surface area contributed by atoms with Crippen molar-refractivity contribution in [3.8, 4) is 0 Å². The summed E-state index contributed by atoms with van der Waals surface area (Å²) < 4.78 is 0. The number of nitrogens with one attached hydrogen (secondary N) is 4. The van der Waals surface area contributed by atoms with Crippen molar-refractivity contribution < 1.29 is 19.8 Å². The molecule has 10 rings (SSSR count). The van der Waals surface area contributed by atoms with Gasteiger partial charge in [0.05, 0.1) is 29.0 Å². The van der Waals surface area contributed by atoms with Gasteiger partial charge in [-0.25, -0.2) is 4.98 Å². The van der Waals surface area contributed by atoms with E-state index in [0.717, 1.165) is 94.2 Å². The first-order valence-corrected chi connectivity index (χ1v) is 15.3. The lowest BCUT2D eigenvalue weighted by Crippen LogP contribution is -2.62. The largest absolute Gasteiger partial charge is 0.390 e. The Hall–Kier alpha value is -2.39. The summed E-state index contributed by atoms with van der Waals surface area (Å²) in [6, 6.07) is 0.346. The van der Waals surface area contributed by atoms with Crippen LogP contribution < -0.4 is 21.3 Å². The van der Waals surface area contributed by atoms with Gasteiger partial charge in [-0.3, -0.25) is 9.59 Å². The molecular formula is C30H41N5O4. The summed E-state index contributed by atoms with van der Waals surface area (Å²) in [6.45, 7) is 0.726. The molecule has 0 radical (unpaired) electrons. The molecule has 0 aromatic carbocycles. The molecule has 6 N–H and O–H groups in total. The first-order valence-electron chi connectivity index (χ1n) is 15.3. The molecule has 8 aliphatic carbocycles. The summed E-state index contributed by atoms with van der Waals surface area (Å²) in [7, 11) is 0. The van der Waals surface area contributed by atoms with Crippen molar-refractivity contribution in [1.82, 2.24) is 15.6 Å². The number of anilines is 2. The van der Waals surface area contributed by atoms with Crippen LogP contribution in [0.4, 0.5) is 11.5 Å². The van der Waals surface area contributed by atoms with Gasteiger partial charge in [0.25, 0.3) is 5.91 Å². The van der Waals surface area contributed by atoms with Crippen molar-refractivity contribution >= 4 is 23.3 Å². The lowest BCUT2D eigenvalue weighted by atomic mass is 9.52. The van der Waals surface area contributed by atoms with Crippen LogP contribution in [0.5, 0.6) is 0 Å². The van der Waals surface area contributed by atoms with Crippen molar-refractivity contribution in [3.63, 3.8) is 0 Å². The van der Waals surface area contributed by atoms with Gasteiger partial charge in [-0.2, -0.15) is 0 Å². The lowest BCUT2D eigenvalue weighted by molar-refractivity contribution is -0.146. The molecule has 9 heteroatoms. The summed E-state index contributed by atoms with van der Waals surface area (Å²) in [6.07, 6.45) is 12.0. The van der Waals surface area contributed by atoms with Crippen molar-refractivity contribution in [2.45, 2.75) is 93.9 Å². The maximum absolute atomic E-state index is 13.5. The number of aromatic nitrogens is 1. The van der Waals surface area contributed by atoms with Crippen LogP contribution in [0.2, 0.25) is 0 Å². The van der Waals surface area contributed by atoms with Crippen molar-refractivity contribution in [2.75, 3.05) is 23.7 Å².